The van der Waals surface area contributed by atoms with Crippen molar-refractivity contribution < 1.29 is 0 Å². The SMILES string of the molecule is CCn1ncc(C(C)NC(=S)NC2CC2)c1C. The third-order valence-corrected chi connectivity index (χ3v) is 3.40. The van der Waals surface area contributed by atoms with Crippen LogP contribution in [0.15, 0.2) is 6.20 Å². The summed E-state index contributed by atoms with van der Waals surface area (Å²) in [5.74, 6) is 0. The van der Waals surface area contributed by atoms with Crippen LogP contribution in [0.2, 0.25) is 0 Å². The largest absolute Gasteiger partial charge is 0.360 e. The van der Waals surface area contributed by atoms with E-state index < -0.39 is 0 Å². The monoisotopic (exact) mass is 252 g/mol. The zero-order valence-electron chi connectivity index (χ0n) is 10.7. The second kappa shape index (κ2) is 5.04. The number of rotatable bonds is 4. The minimum Gasteiger partial charge on any atom is -0.360 e. The van der Waals surface area contributed by atoms with E-state index in [0.29, 0.717) is 6.04 Å². The Hall–Kier alpha value is -1.10. The van der Waals surface area contributed by atoms with Gasteiger partial charge in [-0.2, -0.15) is 5.10 Å². The van der Waals surface area contributed by atoms with Gasteiger partial charge in [0.15, 0.2) is 5.11 Å². The van der Waals surface area contributed by atoms with Crippen molar-refractivity contribution in [1.82, 2.24) is 20.4 Å². The van der Waals surface area contributed by atoms with Crippen LogP contribution in [0.1, 0.15) is 44.0 Å². The quantitative estimate of drug-likeness (QED) is 0.803. The van der Waals surface area contributed by atoms with Crippen LogP contribution in [0.25, 0.3) is 0 Å². The molecule has 0 radical (unpaired) electrons. The van der Waals surface area contributed by atoms with Gasteiger partial charge in [-0.25, -0.2) is 0 Å². The Kier molecular flexibility index (Phi) is 3.66. The van der Waals surface area contributed by atoms with Gasteiger partial charge >= 0.3 is 0 Å². The Morgan fingerprint density at radius 2 is 2.35 bits per heavy atom. The van der Waals surface area contributed by atoms with E-state index in [1.165, 1.54) is 24.1 Å². The Morgan fingerprint density at radius 1 is 1.65 bits per heavy atom. The normalized spacial score (nSPS) is 16.6. The highest BCUT2D eigenvalue weighted by atomic mass is 32.1. The number of hydrogen-bond acceptors (Lipinski definition) is 2. The molecule has 2 rings (SSSR count). The molecule has 1 aliphatic carbocycles. The number of hydrogen-bond donors (Lipinski definition) is 2. The molecule has 5 heteroatoms. The van der Waals surface area contributed by atoms with Crippen LogP contribution in [-0.2, 0) is 6.54 Å². The molecular formula is C12H20N4S. The summed E-state index contributed by atoms with van der Waals surface area (Å²) < 4.78 is 2.00. The predicted molar refractivity (Wildman–Crippen MR) is 72.9 cm³/mol. The fraction of sp³-hybridized carbons (Fsp3) is 0.667. The summed E-state index contributed by atoms with van der Waals surface area (Å²) in [5, 5.41) is 11.7. The number of thiocarbonyl (C=S) groups is 1. The highest BCUT2D eigenvalue weighted by Gasteiger charge is 2.22. The van der Waals surface area contributed by atoms with E-state index in [1.807, 2.05) is 10.9 Å². The van der Waals surface area contributed by atoms with Gasteiger partial charge in [0.2, 0.25) is 0 Å². The molecule has 0 saturated heterocycles. The molecule has 1 saturated carbocycles. The predicted octanol–water partition coefficient (Wildman–Crippen LogP) is 1.90. The molecule has 0 aliphatic heterocycles. The zero-order chi connectivity index (χ0) is 12.4. The highest BCUT2D eigenvalue weighted by molar-refractivity contribution is 7.80. The highest BCUT2D eigenvalue weighted by Crippen LogP contribution is 2.20. The zero-order valence-corrected chi connectivity index (χ0v) is 11.5. The molecule has 1 aromatic rings. The molecule has 1 atom stereocenters. The van der Waals surface area contributed by atoms with Crippen molar-refractivity contribution in [3.05, 3.63) is 17.5 Å². The summed E-state index contributed by atoms with van der Waals surface area (Å²) in [6.07, 6.45) is 4.40. The van der Waals surface area contributed by atoms with Crippen LogP contribution in [0.5, 0.6) is 0 Å². The van der Waals surface area contributed by atoms with Crippen LogP contribution in [0, 0.1) is 6.92 Å². The first kappa shape index (κ1) is 12.4. The molecular weight excluding hydrogens is 232 g/mol. The smallest absolute Gasteiger partial charge is 0.166 e. The van der Waals surface area contributed by atoms with E-state index >= 15 is 0 Å². The van der Waals surface area contributed by atoms with E-state index in [1.54, 1.807) is 0 Å². The first-order chi connectivity index (χ1) is 8.11. The van der Waals surface area contributed by atoms with Crippen molar-refractivity contribution >= 4 is 17.3 Å². The maximum absolute atomic E-state index is 5.28. The molecule has 0 bridgehead atoms. The lowest BCUT2D eigenvalue weighted by atomic mass is 10.1. The van der Waals surface area contributed by atoms with E-state index in [9.17, 15) is 0 Å². The standard InChI is InChI=1S/C12H20N4S/c1-4-16-9(3)11(7-13-16)8(2)14-12(17)15-10-5-6-10/h7-8,10H,4-6H2,1-3H3,(H2,14,15,17). The van der Waals surface area contributed by atoms with Gasteiger partial charge in [0.1, 0.15) is 0 Å². The van der Waals surface area contributed by atoms with Crippen molar-refractivity contribution in [2.24, 2.45) is 0 Å². The molecule has 17 heavy (non-hydrogen) atoms. The second-order valence-corrected chi connectivity index (χ2v) is 5.02. The van der Waals surface area contributed by atoms with Gasteiger partial charge in [-0.1, -0.05) is 0 Å². The van der Waals surface area contributed by atoms with Gasteiger partial charge in [0, 0.05) is 23.8 Å². The van der Waals surface area contributed by atoms with Crippen molar-refractivity contribution in [1.29, 1.82) is 0 Å². The van der Waals surface area contributed by atoms with E-state index in [2.05, 4.69) is 36.5 Å². The molecule has 0 spiro atoms. The first-order valence-corrected chi connectivity index (χ1v) is 6.62. The summed E-state index contributed by atoms with van der Waals surface area (Å²) in [4.78, 5) is 0. The molecule has 4 nitrogen and oxygen atoms in total. The lowest BCUT2D eigenvalue weighted by molar-refractivity contribution is 0.631. The first-order valence-electron chi connectivity index (χ1n) is 6.21. The Morgan fingerprint density at radius 3 is 2.88 bits per heavy atom. The molecule has 1 aliphatic rings. The number of aromatic nitrogens is 2. The average Bonchev–Trinajstić information content (AvgIpc) is 2.99. The van der Waals surface area contributed by atoms with Gasteiger partial charge in [0.25, 0.3) is 0 Å². The van der Waals surface area contributed by atoms with Crippen LogP contribution in [0.4, 0.5) is 0 Å². The molecule has 1 heterocycles. The van der Waals surface area contributed by atoms with Gasteiger partial charge < -0.3 is 10.6 Å². The molecule has 2 N–H and O–H groups in total. The van der Waals surface area contributed by atoms with Gasteiger partial charge in [-0.15, -0.1) is 0 Å². The fourth-order valence-corrected chi connectivity index (χ4v) is 2.28. The molecule has 94 valence electrons. The summed E-state index contributed by atoms with van der Waals surface area (Å²) in [6, 6.07) is 0.802. The molecule has 0 amide bonds. The number of aryl methyl sites for hydroxylation is 1. The minimum absolute atomic E-state index is 0.203. The van der Waals surface area contributed by atoms with Crippen LogP contribution < -0.4 is 10.6 Å². The lowest BCUT2D eigenvalue weighted by Gasteiger charge is -2.16. The summed E-state index contributed by atoms with van der Waals surface area (Å²) in [5.41, 5.74) is 2.42. The molecule has 1 aromatic heterocycles. The molecule has 1 unspecified atom stereocenters. The van der Waals surface area contributed by atoms with E-state index in [-0.39, 0.29) is 6.04 Å². The van der Waals surface area contributed by atoms with E-state index in [4.69, 9.17) is 12.2 Å². The van der Waals surface area contributed by atoms with Crippen LogP contribution in [0.3, 0.4) is 0 Å². The number of nitrogens with zero attached hydrogens (tertiary/aromatic N) is 2. The molecule has 0 aromatic carbocycles. The lowest BCUT2D eigenvalue weighted by Crippen LogP contribution is -2.38. The fourth-order valence-electron chi connectivity index (χ4n) is 1.93. The van der Waals surface area contributed by atoms with Crippen LogP contribution >= 0.6 is 12.2 Å². The number of nitrogens with one attached hydrogen (secondary N) is 2. The van der Waals surface area contributed by atoms with Crippen molar-refractivity contribution in [2.75, 3.05) is 0 Å². The van der Waals surface area contributed by atoms with Gasteiger partial charge in [-0.3, -0.25) is 4.68 Å². The molecule has 1 fully saturated rings. The van der Waals surface area contributed by atoms with E-state index in [0.717, 1.165) is 11.7 Å². The summed E-state index contributed by atoms with van der Waals surface area (Å²) >= 11 is 5.28. The van der Waals surface area contributed by atoms with Gasteiger partial charge in [-0.05, 0) is 45.8 Å². The summed E-state index contributed by atoms with van der Waals surface area (Å²) in [6.45, 7) is 7.22. The summed E-state index contributed by atoms with van der Waals surface area (Å²) in [7, 11) is 0. The van der Waals surface area contributed by atoms with Crippen LogP contribution in [-0.4, -0.2) is 20.9 Å². The Balaban J connectivity index is 1.95. The second-order valence-electron chi connectivity index (χ2n) is 4.61. The maximum Gasteiger partial charge on any atom is 0.166 e. The van der Waals surface area contributed by atoms with Crippen molar-refractivity contribution in [2.45, 2.75) is 52.2 Å². The Bertz CT molecular complexity index is 409. The Labute approximate surface area is 108 Å². The topological polar surface area (TPSA) is 41.9 Å². The third kappa shape index (κ3) is 2.97. The maximum atomic E-state index is 5.28. The van der Waals surface area contributed by atoms with Crippen molar-refractivity contribution in [3.8, 4) is 0 Å². The third-order valence-electron chi connectivity index (χ3n) is 3.17. The van der Waals surface area contributed by atoms with Crippen molar-refractivity contribution in [3.63, 3.8) is 0 Å². The minimum atomic E-state index is 0.203. The van der Waals surface area contributed by atoms with Gasteiger partial charge in [0.05, 0.1) is 12.2 Å². The average molecular weight is 252 g/mol.